The highest BCUT2D eigenvalue weighted by molar-refractivity contribution is 7.80. The van der Waals surface area contributed by atoms with Gasteiger partial charge >= 0.3 is 0 Å². The summed E-state index contributed by atoms with van der Waals surface area (Å²) in [6, 6.07) is 0. The van der Waals surface area contributed by atoms with Crippen molar-refractivity contribution in [1.29, 1.82) is 0 Å². The van der Waals surface area contributed by atoms with E-state index in [1.54, 1.807) is 0 Å². The van der Waals surface area contributed by atoms with Gasteiger partial charge in [0.2, 0.25) is 0 Å². The molecular formula is C8H19N3S. The lowest BCUT2D eigenvalue weighted by molar-refractivity contribution is 0.308. The third-order valence-electron chi connectivity index (χ3n) is 1.84. The Bertz CT molecular complexity index is 123. The predicted octanol–water partition coefficient (Wildman–Crippen LogP) is 0.422. The molecule has 0 unspecified atom stereocenters. The van der Waals surface area contributed by atoms with E-state index in [-0.39, 0.29) is 0 Å². The molecular weight excluding hydrogens is 170 g/mol. The average molecular weight is 189 g/mol. The molecule has 0 rings (SSSR count). The van der Waals surface area contributed by atoms with Gasteiger partial charge in [-0.1, -0.05) is 13.8 Å². The van der Waals surface area contributed by atoms with Crippen LogP contribution < -0.4 is 10.6 Å². The fourth-order valence-electron chi connectivity index (χ4n) is 0.956. The molecule has 0 saturated heterocycles. The van der Waals surface area contributed by atoms with E-state index in [2.05, 4.69) is 29.4 Å². The molecule has 2 N–H and O–H groups in total. The summed E-state index contributed by atoms with van der Waals surface area (Å²) in [6.07, 6.45) is 0. The van der Waals surface area contributed by atoms with Gasteiger partial charge in [0.25, 0.3) is 0 Å². The van der Waals surface area contributed by atoms with Crippen molar-refractivity contribution >= 4 is 17.3 Å². The zero-order valence-corrected chi connectivity index (χ0v) is 9.00. The second kappa shape index (κ2) is 7.31. The van der Waals surface area contributed by atoms with Gasteiger partial charge in [-0.3, -0.25) is 0 Å². The second-order valence-electron chi connectivity index (χ2n) is 2.53. The fraction of sp³-hybridized carbons (Fsp3) is 0.875. The van der Waals surface area contributed by atoms with Crippen LogP contribution in [0, 0.1) is 0 Å². The second-order valence-corrected chi connectivity index (χ2v) is 2.94. The van der Waals surface area contributed by atoms with Gasteiger partial charge in [-0.05, 0) is 25.3 Å². The molecule has 0 aromatic rings. The molecule has 0 saturated carbocycles. The molecule has 0 aliphatic rings. The minimum Gasteiger partial charge on any atom is -0.366 e. The van der Waals surface area contributed by atoms with Gasteiger partial charge in [0, 0.05) is 20.1 Å². The van der Waals surface area contributed by atoms with Gasteiger partial charge in [-0.15, -0.1) is 0 Å². The lowest BCUT2D eigenvalue weighted by Crippen LogP contribution is -2.38. The van der Waals surface area contributed by atoms with Crippen LogP contribution in [0.3, 0.4) is 0 Å². The fourth-order valence-corrected chi connectivity index (χ4v) is 1.06. The molecule has 4 heteroatoms. The van der Waals surface area contributed by atoms with Crippen molar-refractivity contribution in [2.45, 2.75) is 13.8 Å². The molecule has 3 nitrogen and oxygen atoms in total. The van der Waals surface area contributed by atoms with Crippen LogP contribution in [0.4, 0.5) is 0 Å². The summed E-state index contributed by atoms with van der Waals surface area (Å²) >= 11 is 4.94. The molecule has 12 heavy (non-hydrogen) atoms. The monoisotopic (exact) mass is 189 g/mol. The summed E-state index contributed by atoms with van der Waals surface area (Å²) in [6.45, 7) is 8.50. The Hall–Kier alpha value is -0.350. The maximum absolute atomic E-state index is 4.94. The van der Waals surface area contributed by atoms with E-state index in [0.29, 0.717) is 0 Å². The number of hydrogen-bond donors (Lipinski definition) is 2. The number of likely N-dealkylation sites (N-methyl/N-ethyl adjacent to an activating group) is 1. The van der Waals surface area contributed by atoms with Crippen LogP contribution in [-0.4, -0.2) is 43.2 Å². The molecule has 72 valence electrons. The van der Waals surface area contributed by atoms with Crippen molar-refractivity contribution in [2.24, 2.45) is 0 Å². The summed E-state index contributed by atoms with van der Waals surface area (Å²) in [4.78, 5) is 2.35. The highest BCUT2D eigenvalue weighted by Gasteiger charge is 1.97. The van der Waals surface area contributed by atoms with Gasteiger partial charge in [0.05, 0.1) is 0 Å². The highest BCUT2D eigenvalue weighted by Crippen LogP contribution is 1.83. The number of hydrogen-bond acceptors (Lipinski definition) is 2. The van der Waals surface area contributed by atoms with Crippen LogP contribution in [0.1, 0.15) is 13.8 Å². The Morgan fingerprint density at radius 2 is 1.92 bits per heavy atom. The lowest BCUT2D eigenvalue weighted by Gasteiger charge is -2.18. The first-order chi connectivity index (χ1) is 5.74. The molecule has 0 fully saturated rings. The maximum atomic E-state index is 4.94. The number of rotatable bonds is 5. The maximum Gasteiger partial charge on any atom is 0.166 e. The van der Waals surface area contributed by atoms with Crippen LogP contribution >= 0.6 is 12.2 Å². The van der Waals surface area contributed by atoms with Crippen molar-refractivity contribution in [3.63, 3.8) is 0 Å². The predicted molar refractivity (Wildman–Crippen MR) is 57.4 cm³/mol. The van der Waals surface area contributed by atoms with Crippen molar-refractivity contribution < 1.29 is 0 Å². The van der Waals surface area contributed by atoms with E-state index in [1.165, 1.54) is 0 Å². The minimum absolute atomic E-state index is 0.724. The zero-order valence-electron chi connectivity index (χ0n) is 8.18. The highest BCUT2D eigenvalue weighted by atomic mass is 32.1. The molecule has 0 aromatic carbocycles. The molecule has 0 atom stereocenters. The quantitative estimate of drug-likeness (QED) is 0.613. The van der Waals surface area contributed by atoms with Crippen LogP contribution in [0.15, 0.2) is 0 Å². The smallest absolute Gasteiger partial charge is 0.166 e. The molecule has 0 spiro atoms. The first-order valence-electron chi connectivity index (χ1n) is 4.42. The van der Waals surface area contributed by atoms with E-state index >= 15 is 0 Å². The number of nitrogens with zero attached hydrogens (tertiary/aromatic N) is 1. The van der Waals surface area contributed by atoms with Gasteiger partial charge in [0.1, 0.15) is 0 Å². The van der Waals surface area contributed by atoms with Crippen LogP contribution in [0.25, 0.3) is 0 Å². The van der Waals surface area contributed by atoms with Crippen molar-refractivity contribution in [1.82, 2.24) is 15.5 Å². The third kappa shape index (κ3) is 5.32. The Morgan fingerprint density at radius 1 is 1.33 bits per heavy atom. The number of nitrogens with one attached hydrogen (secondary N) is 2. The molecule has 0 heterocycles. The van der Waals surface area contributed by atoms with Crippen molar-refractivity contribution in [2.75, 3.05) is 33.2 Å². The van der Waals surface area contributed by atoms with Gasteiger partial charge in [-0.2, -0.15) is 0 Å². The van der Waals surface area contributed by atoms with E-state index in [9.17, 15) is 0 Å². The Labute approximate surface area is 80.5 Å². The van der Waals surface area contributed by atoms with Gasteiger partial charge in [0.15, 0.2) is 5.11 Å². The Kier molecular flexibility index (Phi) is 7.09. The van der Waals surface area contributed by atoms with Crippen LogP contribution in [-0.2, 0) is 0 Å². The van der Waals surface area contributed by atoms with Gasteiger partial charge < -0.3 is 15.5 Å². The Morgan fingerprint density at radius 3 is 2.33 bits per heavy atom. The van der Waals surface area contributed by atoms with E-state index in [4.69, 9.17) is 12.2 Å². The minimum atomic E-state index is 0.724. The summed E-state index contributed by atoms with van der Waals surface area (Å²) in [5.74, 6) is 0. The summed E-state index contributed by atoms with van der Waals surface area (Å²) in [5, 5.41) is 6.71. The molecule has 0 radical (unpaired) electrons. The zero-order chi connectivity index (χ0) is 9.40. The van der Waals surface area contributed by atoms with Crippen molar-refractivity contribution in [3.05, 3.63) is 0 Å². The standard InChI is InChI=1S/C8H19N3S/c1-4-11(5-2)7-6-10-8(12)9-3/h4-7H2,1-3H3,(H2,9,10,12). The van der Waals surface area contributed by atoms with E-state index in [1.807, 2.05) is 7.05 Å². The summed E-state index contributed by atoms with van der Waals surface area (Å²) < 4.78 is 0. The first-order valence-corrected chi connectivity index (χ1v) is 4.83. The van der Waals surface area contributed by atoms with E-state index in [0.717, 1.165) is 31.3 Å². The normalized spacial score (nSPS) is 10.0. The topological polar surface area (TPSA) is 27.3 Å². The molecule has 0 aromatic heterocycles. The largest absolute Gasteiger partial charge is 0.366 e. The van der Waals surface area contributed by atoms with E-state index < -0.39 is 0 Å². The SMILES string of the molecule is CCN(CC)CCNC(=S)NC. The average Bonchev–Trinajstić information content (AvgIpc) is 2.12. The molecule has 0 bridgehead atoms. The number of thiocarbonyl (C=S) groups is 1. The molecule has 0 aliphatic carbocycles. The first kappa shape index (κ1) is 11.6. The van der Waals surface area contributed by atoms with Gasteiger partial charge in [-0.25, -0.2) is 0 Å². The van der Waals surface area contributed by atoms with Crippen LogP contribution in [0.2, 0.25) is 0 Å². The van der Waals surface area contributed by atoms with Crippen molar-refractivity contribution in [3.8, 4) is 0 Å². The van der Waals surface area contributed by atoms with Crippen LogP contribution in [0.5, 0.6) is 0 Å². The lowest BCUT2D eigenvalue weighted by atomic mass is 10.5. The molecule has 0 amide bonds. The summed E-state index contributed by atoms with van der Waals surface area (Å²) in [5.41, 5.74) is 0. The third-order valence-corrected chi connectivity index (χ3v) is 2.18. The molecule has 0 aliphatic heterocycles. The summed E-state index contributed by atoms with van der Waals surface area (Å²) in [7, 11) is 1.83. The Balaban J connectivity index is 3.34.